The summed E-state index contributed by atoms with van der Waals surface area (Å²) in [7, 11) is 0. The van der Waals surface area contributed by atoms with Crippen molar-refractivity contribution in [1.29, 1.82) is 0 Å². The fourth-order valence-corrected chi connectivity index (χ4v) is 2.45. The van der Waals surface area contributed by atoms with Gasteiger partial charge in [-0.2, -0.15) is 0 Å². The molecule has 1 aromatic rings. The SMILES string of the molecule is O=C(O)CN(CC(=O)O)c1ccccc1OC(=O)CN1CCOCC1. The number of rotatable bonds is 8. The molecule has 1 saturated heterocycles. The third-order valence-corrected chi connectivity index (χ3v) is 3.54. The van der Waals surface area contributed by atoms with E-state index in [0.29, 0.717) is 26.3 Å². The Morgan fingerprint density at radius 3 is 2.28 bits per heavy atom. The Morgan fingerprint density at radius 2 is 1.68 bits per heavy atom. The van der Waals surface area contributed by atoms with Gasteiger partial charge in [0, 0.05) is 13.1 Å². The number of carbonyl (C=O) groups is 3. The van der Waals surface area contributed by atoms with Crippen LogP contribution in [0.4, 0.5) is 5.69 Å². The number of para-hydroxylation sites is 2. The highest BCUT2D eigenvalue weighted by Crippen LogP contribution is 2.28. The van der Waals surface area contributed by atoms with Crippen molar-refractivity contribution in [1.82, 2.24) is 4.90 Å². The number of ether oxygens (including phenoxy) is 2. The minimum Gasteiger partial charge on any atom is -0.480 e. The van der Waals surface area contributed by atoms with Gasteiger partial charge < -0.3 is 24.6 Å². The van der Waals surface area contributed by atoms with E-state index >= 15 is 0 Å². The maximum absolute atomic E-state index is 12.1. The van der Waals surface area contributed by atoms with Gasteiger partial charge in [0.25, 0.3) is 0 Å². The lowest BCUT2D eigenvalue weighted by atomic mass is 10.2. The number of benzene rings is 1. The van der Waals surface area contributed by atoms with Crippen LogP contribution >= 0.6 is 0 Å². The van der Waals surface area contributed by atoms with Crippen LogP contribution in [-0.2, 0) is 19.1 Å². The number of aliphatic carboxylic acids is 2. The minimum atomic E-state index is -1.18. The normalized spacial score (nSPS) is 14.7. The van der Waals surface area contributed by atoms with Crippen LogP contribution in [-0.4, -0.2) is 79.0 Å². The zero-order valence-electron chi connectivity index (χ0n) is 13.6. The number of carboxylic acid groups (broad SMARTS) is 2. The molecule has 136 valence electrons. The van der Waals surface area contributed by atoms with E-state index in [4.69, 9.17) is 19.7 Å². The summed E-state index contributed by atoms with van der Waals surface area (Å²) < 4.78 is 10.6. The molecule has 1 aromatic carbocycles. The Balaban J connectivity index is 2.10. The van der Waals surface area contributed by atoms with Crippen LogP contribution < -0.4 is 9.64 Å². The molecule has 9 nitrogen and oxygen atoms in total. The molecule has 1 aliphatic rings. The topological polar surface area (TPSA) is 117 Å². The van der Waals surface area contributed by atoms with Gasteiger partial charge in [-0.1, -0.05) is 12.1 Å². The lowest BCUT2D eigenvalue weighted by molar-refractivity contribution is -0.137. The van der Waals surface area contributed by atoms with Crippen molar-refractivity contribution < 1.29 is 34.1 Å². The first-order chi connectivity index (χ1) is 12.0. The molecule has 25 heavy (non-hydrogen) atoms. The van der Waals surface area contributed by atoms with Gasteiger partial charge in [0.2, 0.25) is 0 Å². The second-order valence-corrected chi connectivity index (χ2v) is 5.47. The number of esters is 1. The van der Waals surface area contributed by atoms with E-state index in [2.05, 4.69) is 0 Å². The highest BCUT2D eigenvalue weighted by Gasteiger charge is 2.21. The van der Waals surface area contributed by atoms with Crippen molar-refractivity contribution in [2.45, 2.75) is 0 Å². The Hall–Kier alpha value is -2.65. The first-order valence-electron chi connectivity index (χ1n) is 7.74. The molecule has 0 spiro atoms. The molecule has 0 amide bonds. The first kappa shape index (κ1) is 18.7. The number of hydrogen-bond acceptors (Lipinski definition) is 7. The smallest absolute Gasteiger partial charge is 0.325 e. The summed E-state index contributed by atoms with van der Waals surface area (Å²) in [5.74, 6) is -2.74. The molecule has 0 bridgehead atoms. The Labute approximate surface area is 144 Å². The lowest BCUT2D eigenvalue weighted by Gasteiger charge is -2.26. The fraction of sp³-hybridized carbons (Fsp3) is 0.438. The maximum atomic E-state index is 12.1. The molecule has 0 aliphatic carbocycles. The summed E-state index contributed by atoms with van der Waals surface area (Å²) in [6.07, 6.45) is 0. The molecule has 0 saturated carbocycles. The van der Waals surface area contributed by atoms with E-state index in [9.17, 15) is 14.4 Å². The summed E-state index contributed by atoms with van der Waals surface area (Å²) in [5.41, 5.74) is 0.239. The van der Waals surface area contributed by atoms with E-state index < -0.39 is 31.0 Å². The average Bonchev–Trinajstić information content (AvgIpc) is 2.54. The standard InChI is InChI=1S/C16H20N2O7/c19-14(20)9-18(10-15(21)22)12-3-1-2-4-13(12)25-16(23)11-17-5-7-24-8-6-17/h1-4H,5-11H2,(H,19,20)(H,21,22). The van der Waals surface area contributed by atoms with Crippen molar-refractivity contribution in [2.24, 2.45) is 0 Å². The number of nitrogens with zero attached hydrogens (tertiary/aromatic N) is 2. The molecule has 1 fully saturated rings. The fourth-order valence-electron chi connectivity index (χ4n) is 2.45. The number of carbonyl (C=O) groups excluding carboxylic acids is 1. The quantitative estimate of drug-likeness (QED) is 0.488. The van der Waals surface area contributed by atoms with Gasteiger partial charge >= 0.3 is 17.9 Å². The van der Waals surface area contributed by atoms with Gasteiger partial charge in [-0.15, -0.1) is 0 Å². The maximum Gasteiger partial charge on any atom is 0.325 e. The Morgan fingerprint density at radius 1 is 1.08 bits per heavy atom. The second kappa shape index (κ2) is 9.00. The summed E-state index contributed by atoms with van der Waals surface area (Å²) in [6, 6.07) is 6.26. The van der Waals surface area contributed by atoms with Crippen LogP contribution in [0.15, 0.2) is 24.3 Å². The van der Waals surface area contributed by atoms with Gasteiger partial charge in [-0.25, -0.2) is 0 Å². The van der Waals surface area contributed by atoms with Gasteiger partial charge in [0.05, 0.1) is 25.4 Å². The molecule has 1 heterocycles. The molecule has 9 heteroatoms. The van der Waals surface area contributed by atoms with Gasteiger partial charge in [0.1, 0.15) is 13.1 Å². The number of hydrogen-bond donors (Lipinski definition) is 2. The van der Waals surface area contributed by atoms with Crippen LogP contribution in [0.1, 0.15) is 0 Å². The van der Waals surface area contributed by atoms with Crippen LogP contribution in [0.3, 0.4) is 0 Å². The molecular formula is C16H20N2O7. The predicted octanol–water partition coefficient (Wildman–Crippen LogP) is -0.100. The number of morpholine rings is 1. The third kappa shape index (κ3) is 6.05. The zero-order chi connectivity index (χ0) is 18.2. The predicted molar refractivity (Wildman–Crippen MR) is 86.8 cm³/mol. The Kier molecular flexibility index (Phi) is 6.72. The van der Waals surface area contributed by atoms with Crippen LogP contribution in [0.25, 0.3) is 0 Å². The lowest BCUT2D eigenvalue weighted by Crippen LogP contribution is -2.41. The van der Waals surface area contributed by atoms with E-state index in [-0.39, 0.29) is 18.0 Å². The largest absolute Gasteiger partial charge is 0.480 e. The number of anilines is 1. The molecule has 0 unspecified atom stereocenters. The third-order valence-electron chi connectivity index (χ3n) is 3.54. The highest BCUT2D eigenvalue weighted by molar-refractivity contribution is 5.82. The summed E-state index contributed by atoms with van der Waals surface area (Å²) in [5, 5.41) is 18.0. The van der Waals surface area contributed by atoms with Crippen molar-refractivity contribution in [3.63, 3.8) is 0 Å². The van der Waals surface area contributed by atoms with Gasteiger partial charge in [0.15, 0.2) is 5.75 Å². The van der Waals surface area contributed by atoms with Crippen molar-refractivity contribution in [3.05, 3.63) is 24.3 Å². The van der Waals surface area contributed by atoms with Gasteiger partial charge in [-0.05, 0) is 12.1 Å². The van der Waals surface area contributed by atoms with E-state index in [1.165, 1.54) is 12.1 Å². The van der Waals surface area contributed by atoms with Crippen molar-refractivity contribution in [2.75, 3.05) is 50.8 Å². The van der Waals surface area contributed by atoms with E-state index in [1.54, 1.807) is 12.1 Å². The number of carboxylic acids is 2. The Bertz CT molecular complexity index is 613. The highest BCUT2D eigenvalue weighted by atomic mass is 16.5. The second-order valence-electron chi connectivity index (χ2n) is 5.47. The average molecular weight is 352 g/mol. The van der Waals surface area contributed by atoms with Gasteiger partial charge in [-0.3, -0.25) is 19.3 Å². The van der Waals surface area contributed by atoms with Crippen LogP contribution in [0.5, 0.6) is 5.75 Å². The summed E-state index contributed by atoms with van der Waals surface area (Å²) in [4.78, 5) is 37.2. The minimum absolute atomic E-state index is 0.0789. The zero-order valence-corrected chi connectivity index (χ0v) is 13.6. The molecule has 2 N–H and O–H groups in total. The molecule has 0 aromatic heterocycles. The monoisotopic (exact) mass is 352 g/mol. The van der Waals surface area contributed by atoms with Crippen LogP contribution in [0.2, 0.25) is 0 Å². The van der Waals surface area contributed by atoms with Crippen LogP contribution in [0, 0.1) is 0 Å². The van der Waals surface area contributed by atoms with Crippen molar-refractivity contribution in [3.8, 4) is 5.75 Å². The first-order valence-corrected chi connectivity index (χ1v) is 7.74. The van der Waals surface area contributed by atoms with E-state index in [0.717, 1.165) is 4.90 Å². The molecule has 0 radical (unpaired) electrons. The molecule has 1 aliphatic heterocycles. The van der Waals surface area contributed by atoms with Crippen molar-refractivity contribution >= 4 is 23.6 Å². The summed E-state index contributed by atoms with van der Waals surface area (Å²) in [6.45, 7) is 1.38. The summed E-state index contributed by atoms with van der Waals surface area (Å²) >= 11 is 0. The molecule has 2 rings (SSSR count). The molecule has 0 atom stereocenters. The van der Waals surface area contributed by atoms with E-state index in [1.807, 2.05) is 4.90 Å². The molecular weight excluding hydrogens is 332 g/mol.